The van der Waals surface area contributed by atoms with Crippen LogP contribution in [0.5, 0.6) is 0 Å². The summed E-state index contributed by atoms with van der Waals surface area (Å²) in [6.07, 6.45) is 0.196. The third kappa shape index (κ3) is 4.08. The Labute approximate surface area is 125 Å². The first kappa shape index (κ1) is 16.2. The average Bonchev–Trinajstić information content (AvgIpc) is 2.48. The van der Waals surface area contributed by atoms with Crippen LogP contribution in [0, 0.1) is 0 Å². The molecule has 1 atom stereocenters. The smallest absolute Gasteiger partial charge is 0.307 e. The Morgan fingerprint density at radius 2 is 1.60 bits per heavy atom. The van der Waals surface area contributed by atoms with E-state index in [2.05, 4.69) is 16.9 Å². The van der Waals surface area contributed by atoms with Crippen molar-refractivity contribution in [3.05, 3.63) is 60.2 Å². The van der Waals surface area contributed by atoms with Gasteiger partial charge in [-0.25, -0.2) is 0 Å². The molecular formula is C16H18ClNO2. The van der Waals surface area contributed by atoms with Crippen LogP contribution in [0.3, 0.4) is 0 Å². The Morgan fingerprint density at radius 3 is 2.15 bits per heavy atom. The summed E-state index contributed by atoms with van der Waals surface area (Å²) in [6.45, 7) is 0. The number of methoxy groups -OCH3 is 1. The summed E-state index contributed by atoms with van der Waals surface area (Å²) in [7, 11) is 1.37. The molecule has 2 aromatic carbocycles. The Morgan fingerprint density at radius 1 is 1.05 bits per heavy atom. The molecule has 2 aromatic rings. The highest BCUT2D eigenvalue weighted by molar-refractivity contribution is 5.85. The first-order chi connectivity index (χ1) is 9.20. The van der Waals surface area contributed by atoms with Gasteiger partial charge < -0.3 is 10.5 Å². The predicted molar refractivity (Wildman–Crippen MR) is 82.7 cm³/mol. The van der Waals surface area contributed by atoms with Crippen molar-refractivity contribution >= 4 is 18.4 Å². The molecule has 0 unspecified atom stereocenters. The third-order valence-corrected chi connectivity index (χ3v) is 3.06. The third-order valence-electron chi connectivity index (χ3n) is 3.06. The number of nitrogens with two attached hydrogens (primary N) is 1. The van der Waals surface area contributed by atoms with E-state index in [0.29, 0.717) is 0 Å². The maximum Gasteiger partial charge on any atom is 0.307 e. The molecule has 2 N–H and O–H groups in total. The fourth-order valence-electron chi connectivity index (χ4n) is 1.93. The maximum atomic E-state index is 11.2. The summed E-state index contributed by atoms with van der Waals surface area (Å²) in [4.78, 5) is 11.2. The zero-order chi connectivity index (χ0) is 13.7. The number of hydrogen-bond acceptors (Lipinski definition) is 3. The van der Waals surface area contributed by atoms with Gasteiger partial charge in [0.1, 0.15) is 0 Å². The lowest BCUT2D eigenvalue weighted by Crippen LogP contribution is -2.16. The Kier molecular flexibility index (Phi) is 6.22. The van der Waals surface area contributed by atoms with E-state index < -0.39 is 0 Å². The van der Waals surface area contributed by atoms with E-state index in [1.54, 1.807) is 0 Å². The van der Waals surface area contributed by atoms with Gasteiger partial charge in [0.2, 0.25) is 0 Å². The second-order valence-corrected chi connectivity index (χ2v) is 4.37. The van der Waals surface area contributed by atoms with E-state index in [9.17, 15) is 4.79 Å². The number of benzene rings is 2. The highest BCUT2D eigenvalue weighted by atomic mass is 35.5. The van der Waals surface area contributed by atoms with E-state index in [4.69, 9.17) is 5.73 Å². The van der Waals surface area contributed by atoms with Crippen LogP contribution < -0.4 is 5.73 Å². The van der Waals surface area contributed by atoms with Gasteiger partial charge in [-0.05, 0) is 16.7 Å². The molecule has 0 aliphatic heterocycles. The lowest BCUT2D eigenvalue weighted by Gasteiger charge is -2.11. The normalized spacial score (nSPS) is 11.3. The van der Waals surface area contributed by atoms with Crippen molar-refractivity contribution in [2.24, 2.45) is 5.73 Å². The second-order valence-electron chi connectivity index (χ2n) is 4.37. The number of halogens is 1. The van der Waals surface area contributed by atoms with Crippen molar-refractivity contribution in [3.8, 4) is 11.1 Å². The molecule has 0 saturated carbocycles. The van der Waals surface area contributed by atoms with Gasteiger partial charge in [0, 0.05) is 6.04 Å². The molecule has 0 aromatic heterocycles. The van der Waals surface area contributed by atoms with E-state index in [0.717, 1.165) is 16.7 Å². The molecule has 0 aliphatic carbocycles. The molecular weight excluding hydrogens is 274 g/mol. The molecule has 2 rings (SSSR count). The van der Waals surface area contributed by atoms with E-state index in [1.165, 1.54) is 7.11 Å². The molecule has 0 bridgehead atoms. The van der Waals surface area contributed by atoms with Crippen molar-refractivity contribution in [2.45, 2.75) is 12.5 Å². The number of ether oxygens (including phenoxy) is 1. The molecule has 0 spiro atoms. The van der Waals surface area contributed by atoms with Crippen molar-refractivity contribution in [1.29, 1.82) is 0 Å². The minimum atomic E-state index is -0.322. The summed E-state index contributed by atoms with van der Waals surface area (Å²) < 4.78 is 4.62. The lowest BCUT2D eigenvalue weighted by molar-refractivity contribution is -0.141. The fourth-order valence-corrected chi connectivity index (χ4v) is 1.93. The second kappa shape index (κ2) is 7.68. The zero-order valence-corrected chi connectivity index (χ0v) is 12.1. The Hall–Kier alpha value is -1.84. The number of carbonyl (C=O) groups excluding carboxylic acids is 1. The highest BCUT2D eigenvalue weighted by Crippen LogP contribution is 2.22. The molecule has 0 aliphatic rings. The van der Waals surface area contributed by atoms with Crippen LogP contribution in [-0.4, -0.2) is 13.1 Å². The number of esters is 1. The molecule has 0 saturated heterocycles. The van der Waals surface area contributed by atoms with Crippen molar-refractivity contribution < 1.29 is 9.53 Å². The summed E-state index contributed by atoms with van der Waals surface area (Å²) >= 11 is 0. The summed E-state index contributed by atoms with van der Waals surface area (Å²) in [6, 6.07) is 17.7. The zero-order valence-electron chi connectivity index (χ0n) is 11.3. The van der Waals surface area contributed by atoms with Gasteiger partial charge in [-0.15, -0.1) is 12.4 Å². The first-order valence-electron chi connectivity index (χ1n) is 6.18. The van der Waals surface area contributed by atoms with E-state index in [-0.39, 0.29) is 30.8 Å². The van der Waals surface area contributed by atoms with Gasteiger partial charge in [0.05, 0.1) is 13.5 Å². The van der Waals surface area contributed by atoms with Crippen LogP contribution in [-0.2, 0) is 9.53 Å². The minimum absolute atomic E-state index is 0. The summed E-state index contributed by atoms with van der Waals surface area (Å²) in [5, 5.41) is 0. The van der Waals surface area contributed by atoms with Crippen LogP contribution in [0.25, 0.3) is 11.1 Å². The molecule has 4 heteroatoms. The maximum absolute atomic E-state index is 11.2. The largest absolute Gasteiger partial charge is 0.469 e. The van der Waals surface area contributed by atoms with Crippen LogP contribution in [0.2, 0.25) is 0 Å². The molecule has 0 fully saturated rings. The Balaban J connectivity index is 0.00000200. The van der Waals surface area contributed by atoms with Crippen molar-refractivity contribution in [2.75, 3.05) is 7.11 Å². The number of rotatable bonds is 4. The average molecular weight is 292 g/mol. The topological polar surface area (TPSA) is 52.3 Å². The first-order valence-corrected chi connectivity index (χ1v) is 6.18. The van der Waals surface area contributed by atoms with Crippen LogP contribution in [0.4, 0.5) is 0 Å². The van der Waals surface area contributed by atoms with Crippen LogP contribution >= 0.6 is 12.4 Å². The predicted octanol–water partition coefficient (Wildman–Crippen LogP) is 3.34. The molecule has 3 nitrogen and oxygen atoms in total. The molecule has 20 heavy (non-hydrogen) atoms. The van der Waals surface area contributed by atoms with Crippen LogP contribution in [0.1, 0.15) is 18.0 Å². The standard InChI is InChI=1S/C16H17NO2.ClH/c1-19-16(18)11-15(17)14-9-7-13(8-10-14)12-5-3-2-4-6-12;/h2-10,15H,11,17H2,1H3;1H/t15-;/m0./s1. The van der Waals surface area contributed by atoms with Crippen molar-refractivity contribution in [3.63, 3.8) is 0 Å². The minimum Gasteiger partial charge on any atom is -0.469 e. The fraction of sp³-hybridized carbons (Fsp3) is 0.188. The lowest BCUT2D eigenvalue weighted by atomic mass is 10.00. The van der Waals surface area contributed by atoms with E-state index in [1.807, 2.05) is 42.5 Å². The SMILES string of the molecule is COC(=O)C[C@H](N)c1ccc(-c2ccccc2)cc1.Cl. The molecule has 106 valence electrons. The highest BCUT2D eigenvalue weighted by Gasteiger charge is 2.11. The van der Waals surface area contributed by atoms with Gasteiger partial charge in [-0.3, -0.25) is 4.79 Å². The summed E-state index contributed by atoms with van der Waals surface area (Å²) in [5.74, 6) is -0.292. The molecule has 0 amide bonds. The van der Waals surface area contributed by atoms with Gasteiger partial charge in [0.25, 0.3) is 0 Å². The van der Waals surface area contributed by atoms with Gasteiger partial charge in [-0.2, -0.15) is 0 Å². The van der Waals surface area contributed by atoms with Gasteiger partial charge in [-0.1, -0.05) is 54.6 Å². The van der Waals surface area contributed by atoms with E-state index >= 15 is 0 Å². The van der Waals surface area contributed by atoms with Crippen LogP contribution in [0.15, 0.2) is 54.6 Å². The monoisotopic (exact) mass is 291 g/mol. The summed E-state index contributed by atoms with van der Waals surface area (Å²) in [5.41, 5.74) is 9.19. The number of carbonyl (C=O) groups is 1. The number of hydrogen-bond donors (Lipinski definition) is 1. The quantitative estimate of drug-likeness (QED) is 0.879. The molecule has 0 radical (unpaired) electrons. The van der Waals surface area contributed by atoms with Gasteiger partial charge >= 0.3 is 5.97 Å². The van der Waals surface area contributed by atoms with Gasteiger partial charge in [0.15, 0.2) is 0 Å². The van der Waals surface area contributed by atoms with Crippen molar-refractivity contribution in [1.82, 2.24) is 0 Å². The Bertz CT molecular complexity index is 540. The molecule has 0 heterocycles.